The maximum Gasteiger partial charge on any atom is 0.241 e. The van der Waals surface area contributed by atoms with Crippen LogP contribution < -0.4 is 16.0 Å². The Morgan fingerprint density at radius 2 is 1.66 bits per heavy atom. The summed E-state index contributed by atoms with van der Waals surface area (Å²) in [4.78, 5) is 38.9. The standard InChI is InChI=1S/C20H22ClFN4O3/c1-25(12-19(28)24-16-6-2-14(21)3-7-16)13-20(29)26(11-10-18(23)27)17-8-4-15(22)5-9-17/h2-9H,10-13H2,1H3,(H2,23,27)(H,24,28). The number of likely N-dealkylation sites (N-methyl/N-ethyl adjacent to an activating group) is 1. The first kappa shape index (κ1) is 22.3. The van der Waals surface area contributed by atoms with Gasteiger partial charge >= 0.3 is 0 Å². The smallest absolute Gasteiger partial charge is 0.241 e. The second kappa shape index (κ2) is 10.5. The minimum Gasteiger partial charge on any atom is -0.370 e. The van der Waals surface area contributed by atoms with Crippen molar-refractivity contribution in [2.75, 3.05) is 36.9 Å². The van der Waals surface area contributed by atoms with Crippen LogP contribution in [0.25, 0.3) is 0 Å². The quantitative estimate of drug-likeness (QED) is 0.650. The molecule has 2 aromatic rings. The van der Waals surface area contributed by atoms with Crippen LogP contribution in [-0.2, 0) is 14.4 Å². The molecule has 0 aliphatic carbocycles. The van der Waals surface area contributed by atoms with Crippen molar-refractivity contribution in [1.82, 2.24) is 4.90 Å². The zero-order chi connectivity index (χ0) is 21.4. The fraction of sp³-hybridized carbons (Fsp3) is 0.250. The summed E-state index contributed by atoms with van der Waals surface area (Å²) in [7, 11) is 1.62. The van der Waals surface area contributed by atoms with Crippen LogP contribution in [0.2, 0.25) is 5.02 Å². The maximum atomic E-state index is 13.2. The molecule has 0 unspecified atom stereocenters. The van der Waals surface area contributed by atoms with E-state index in [4.69, 9.17) is 17.3 Å². The van der Waals surface area contributed by atoms with Gasteiger partial charge in [-0.05, 0) is 55.6 Å². The lowest BCUT2D eigenvalue weighted by molar-refractivity contribution is -0.121. The Bertz CT molecular complexity index is 859. The van der Waals surface area contributed by atoms with Crippen LogP contribution in [0.15, 0.2) is 48.5 Å². The molecule has 0 fully saturated rings. The molecule has 29 heavy (non-hydrogen) atoms. The van der Waals surface area contributed by atoms with Crippen LogP contribution in [0.5, 0.6) is 0 Å². The van der Waals surface area contributed by atoms with Crippen molar-refractivity contribution in [1.29, 1.82) is 0 Å². The molecule has 0 atom stereocenters. The second-order valence-electron chi connectivity index (χ2n) is 6.47. The molecule has 0 saturated carbocycles. The number of hydrogen-bond donors (Lipinski definition) is 2. The van der Waals surface area contributed by atoms with Gasteiger partial charge in [0.15, 0.2) is 0 Å². The van der Waals surface area contributed by atoms with E-state index in [-0.39, 0.29) is 37.9 Å². The number of carbonyl (C=O) groups is 3. The minimum absolute atomic E-state index is 0.0263. The molecule has 2 aromatic carbocycles. The number of amides is 3. The van der Waals surface area contributed by atoms with Gasteiger partial charge in [-0.3, -0.25) is 19.3 Å². The third kappa shape index (κ3) is 7.52. The Kier molecular flexibility index (Phi) is 8.11. The third-order valence-electron chi connectivity index (χ3n) is 3.97. The molecule has 0 bridgehead atoms. The second-order valence-corrected chi connectivity index (χ2v) is 6.90. The third-order valence-corrected chi connectivity index (χ3v) is 4.22. The van der Waals surface area contributed by atoms with Crippen molar-refractivity contribution >= 4 is 40.7 Å². The fourth-order valence-electron chi connectivity index (χ4n) is 2.59. The first-order valence-electron chi connectivity index (χ1n) is 8.83. The number of hydrogen-bond acceptors (Lipinski definition) is 4. The fourth-order valence-corrected chi connectivity index (χ4v) is 2.72. The van der Waals surface area contributed by atoms with Gasteiger partial charge in [0, 0.05) is 29.4 Å². The minimum atomic E-state index is -0.555. The van der Waals surface area contributed by atoms with Crippen LogP contribution in [0, 0.1) is 5.82 Å². The van der Waals surface area contributed by atoms with Crippen molar-refractivity contribution in [2.24, 2.45) is 5.73 Å². The highest BCUT2D eigenvalue weighted by Gasteiger charge is 2.19. The molecule has 3 amide bonds. The normalized spacial score (nSPS) is 10.6. The lowest BCUT2D eigenvalue weighted by Gasteiger charge is -2.25. The number of nitrogens with zero attached hydrogens (tertiary/aromatic N) is 2. The molecule has 9 heteroatoms. The van der Waals surface area contributed by atoms with Crippen LogP contribution in [-0.4, -0.2) is 49.3 Å². The lowest BCUT2D eigenvalue weighted by Crippen LogP contribution is -2.42. The Hall–Kier alpha value is -2.97. The molecule has 2 rings (SSSR count). The number of carbonyl (C=O) groups excluding carboxylic acids is 3. The molecular formula is C20H22ClFN4O3. The van der Waals surface area contributed by atoms with Gasteiger partial charge in [0.25, 0.3) is 0 Å². The van der Waals surface area contributed by atoms with Gasteiger partial charge in [-0.2, -0.15) is 0 Å². The highest BCUT2D eigenvalue weighted by atomic mass is 35.5. The van der Waals surface area contributed by atoms with Crippen LogP contribution in [0.4, 0.5) is 15.8 Å². The number of nitrogens with one attached hydrogen (secondary N) is 1. The van der Waals surface area contributed by atoms with Crippen LogP contribution in [0.3, 0.4) is 0 Å². The van der Waals surface area contributed by atoms with Crippen molar-refractivity contribution in [3.8, 4) is 0 Å². The predicted octanol–water partition coefficient (Wildman–Crippen LogP) is 2.26. The predicted molar refractivity (Wildman–Crippen MR) is 110 cm³/mol. The summed E-state index contributed by atoms with van der Waals surface area (Å²) in [6, 6.07) is 12.0. The summed E-state index contributed by atoms with van der Waals surface area (Å²) in [6.45, 7) is -0.0454. The summed E-state index contributed by atoms with van der Waals surface area (Å²) in [6.07, 6.45) is -0.0378. The van der Waals surface area contributed by atoms with E-state index in [0.29, 0.717) is 16.4 Å². The van der Waals surface area contributed by atoms with Gasteiger partial charge in [0.05, 0.1) is 13.1 Å². The molecule has 0 spiro atoms. The van der Waals surface area contributed by atoms with E-state index in [1.54, 1.807) is 31.3 Å². The van der Waals surface area contributed by atoms with Crippen molar-refractivity contribution in [3.05, 3.63) is 59.4 Å². The molecule has 0 radical (unpaired) electrons. The SMILES string of the molecule is CN(CC(=O)Nc1ccc(Cl)cc1)CC(=O)N(CCC(N)=O)c1ccc(F)cc1. The molecule has 0 heterocycles. The number of rotatable bonds is 9. The summed E-state index contributed by atoms with van der Waals surface area (Å²) < 4.78 is 13.2. The van der Waals surface area contributed by atoms with Gasteiger partial charge in [-0.1, -0.05) is 11.6 Å². The lowest BCUT2D eigenvalue weighted by atomic mass is 10.2. The van der Waals surface area contributed by atoms with Crippen LogP contribution >= 0.6 is 11.6 Å². The number of halogens is 2. The van der Waals surface area contributed by atoms with Gasteiger partial charge < -0.3 is 16.0 Å². The summed E-state index contributed by atoms with van der Waals surface area (Å²) in [5, 5.41) is 3.27. The van der Waals surface area contributed by atoms with Crippen molar-refractivity contribution in [2.45, 2.75) is 6.42 Å². The van der Waals surface area contributed by atoms with E-state index in [2.05, 4.69) is 5.32 Å². The summed E-state index contributed by atoms with van der Waals surface area (Å²) in [5.74, 6) is -1.64. The number of anilines is 2. The van der Waals surface area contributed by atoms with Gasteiger partial charge in [-0.15, -0.1) is 0 Å². The zero-order valence-corrected chi connectivity index (χ0v) is 16.7. The molecule has 3 N–H and O–H groups in total. The first-order valence-corrected chi connectivity index (χ1v) is 9.20. The van der Waals surface area contributed by atoms with E-state index in [0.717, 1.165) is 0 Å². The highest BCUT2D eigenvalue weighted by molar-refractivity contribution is 6.30. The van der Waals surface area contributed by atoms with E-state index in [1.807, 2.05) is 0 Å². The summed E-state index contributed by atoms with van der Waals surface area (Å²) >= 11 is 5.81. The Morgan fingerprint density at radius 1 is 1.03 bits per heavy atom. The van der Waals surface area contributed by atoms with Gasteiger partial charge in [0.1, 0.15) is 5.82 Å². The van der Waals surface area contributed by atoms with E-state index >= 15 is 0 Å². The molecular weight excluding hydrogens is 399 g/mol. The Labute approximate surface area is 173 Å². The molecule has 154 valence electrons. The van der Waals surface area contributed by atoms with Crippen molar-refractivity contribution in [3.63, 3.8) is 0 Å². The van der Waals surface area contributed by atoms with Crippen LogP contribution in [0.1, 0.15) is 6.42 Å². The number of primary amides is 1. The number of nitrogens with two attached hydrogens (primary N) is 1. The van der Waals surface area contributed by atoms with Gasteiger partial charge in [0.2, 0.25) is 17.7 Å². The first-order chi connectivity index (χ1) is 13.7. The molecule has 0 saturated heterocycles. The van der Waals surface area contributed by atoms with E-state index < -0.39 is 11.7 Å². The average Bonchev–Trinajstić information content (AvgIpc) is 2.64. The largest absolute Gasteiger partial charge is 0.370 e. The average molecular weight is 421 g/mol. The Morgan fingerprint density at radius 3 is 2.24 bits per heavy atom. The Balaban J connectivity index is 1.97. The molecule has 0 aliphatic heterocycles. The molecule has 7 nitrogen and oxygen atoms in total. The van der Waals surface area contributed by atoms with E-state index in [9.17, 15) is 18.8 Å². The van der Waals surface area contributed by atoms with Crippen molar-refractivity contribution < 1.29 is 18.8 Å². The number of benzene rings is 2. The molecule has 0 aromatic heterocycles. The van der Waals surface area contributed by atoms with E-state index in [1.165, 1.54) is 34.1 Å². The van der Waals surface area contributed by atoms with Gasteiger partial charge in [-0.25, -0.2) is 4.39 Å². The zero-order valence-electron chi connectivity index (χ0n) is 15.9. The maximum absolute atomic E-state index is 13.2. The topological polar surface area (TPSA) is 95.7 Å². The highest BCUT2D eigenvalue weighted by Crippen LogP contribution is 2.16. The summed E-state index contributed by atoms with van der Waals surface area (Å²) in [5.41, 5.74) is 6.22. The molecule has 0 aliphatic rings. The monoisotopic (exact) mass is 420 g/mol.